The highest BCUT2D eigenvalue weighted by molar-refractivity contribution is 5.65. The van der Waals surface area contributed by atoms with Crippen LogP contribution in [0.25, 0.3) is 0 Å². The molecule has 1 aromatic carbocycles. The van der Waals surface area contributed by atoms with Crippen molar-refractivity contribution in [1.82, 2.24) is 0 Å². The molecule has 1 fully saturated rings. The first-order valence-electron chi connectivity index (χ1n) is 7.31. The largest absolute Gasteiger partial charge is 0.385 e. The van der Waals surface area contributed by atoms with Gasteiger partial charge in [0.15, 0.2) is 0 Å². The maximum absolute atomic E-state index is 11.1. The van der Waals surface area contributed by atoms with Crippen molar-refractivity contribution in [3.63, 3.8) is 0 Å². The molecule has 5 heteroatoms. The summed E-state index contributed by atoms with van der Waals surface area (Å²) in [4.78, 5) is 13.0. The van der Waals surface area contributed by atoms with Crippen LogP contribution >= 0.6 is 0 Å². The van der Waals surface area contributed by atoms with E-state index in [0.717, 1.165) is 30.4 Å². The number of nitro groups is 1. The molecule has 0 saturated heterocycles. The lowest BCUT2D eigenvalue weighted by atomic mass is 10.1. The van der Waals surface area contributed by atoms with Crippen LogP contribution in [0.5, 0.6) is 0 Å². The van der Waals surface area contributed by atoms with E-state index in [0.29, 0.717) is 6.04 Å². The van der Waals surface area contributed by atoms with Crippen molar-refractivity contribution in [1.29, 1.82) is 0 Å². The molecule has 0 unspecified atom stereocenters. The van der Waals surface area contributed by atoms with Crippen LogP contribution in [0.3, 0.4) is 0 Å². The van der Waals surface area contributed by atoms with E-state index >= 15 is 0 Å². The van der Waals surface area contributed by atoms with Crippen molar-refractivity contribution in [3.8, 4) is 0 Å². The Labute approximate surface area is 120 Å². The van der Waals surface area contributed by atoms with Crippen LogP contribution in [0.4, 0.5) is 17.1 Å². The fraction of sp³-hybridized carbons (Fsp3) is 0.600. The molecule has 1 saturated carbocycles. The fourth-order valence-electron chi connectivity index (χ4n) is 2.37. The highest BCUT2D eigenvalue weighted by Gasteiger charge is 2.26. The van der Waals surface area contributed by atoms with Crippen LogP contribution in [0, 0.1) is 16.0 Å². The summed E-state index contributed by atoms with van der Waals surface area (Å²) in [6.45, 7) is 8.00. The van der Waals surface area contributed by atoms with Crippen molar-refractivity contribution < 1.29 is 4.92 Å². The molecule has 1 N–H and O–H groups in total. The molecule has 0 amide bonds. The van der Waals surface area contributed by atoms with Gasteiger partial charge >= 0.3 is 0 Å². The summed E-state index contributed by atoms with van der Waals surface area (Å²) in [5.41, 5.74) is 1.91. The maximum Gasteiger partial charge on any atom is 0.273 e. The number of non-ortho nitro benzene ring substituents is 1. The molecule has 110 valence electrons. The molecule has 2 rings (SSSR count). The summed E-state index contributed by atoms with van der Waals surface area (Å²) in [7, 11) is 0. The van der Waals surface area contributed by atoms with E-state index in [1.165, 1.54) is 12.8 Å². The molecule has 0 aromatic heterocycles. The van der Waals surface area contributed by atoms with Gasteiger partial charge in [0.25, 0.3) is 5.69 Å². The van der Waals surface area contributed by atoms with Gasteiger partial charge in [-0.1, -0.05) is 0 Å². The van der Waals surface area contributed by atoms with Gasteiger partial charge in [-0.3, -0.25) is 10.1 Å². The van der Waals surface area contributed by atoms with Gasteiger partial charge in [0.05, 0.1) is 4.92 Å². The predicted octanol–water partition coefficient (Wildman–Crippen LogP) is 3.65. The molecule has 5 nitrogen and oxygen atoms in total. The summed E-state index contributed by atoms with van der Waals surface area (Å²) in [6, 6.07) is 5.64. The minimum Gasteiger partial charge on any atom is -0.385 e. The Kier molecular flexibility index (Phi) is 4.47. The lowest BCUT2D eigenvalue weighted by molar-refractivity contribution is -0.384. The second-order valence-electron chi connectivity index (χ2n) is 5.72. The van der Waals surface area contributed by atoms with Crippen LogP contribution in [-0.2, 0) is 0 Å². The highest BCUT2D eigenvalue weighted by Crippen LogP contribution is 2.34. The zero-order valence-corrected chi connectivity index (χ0v) is 12.4. The van der Waals surface area contributed by atoms with Gasteiger partial charge in [0.2, 0.25) is 0 Å². The van der Waals surface area contributed by atoms with E-state index in [1.807, 2.05) is 13.0 Å². The summed E-state index contributed by atoms with van der Waals surface area (Å²) in [5, 5.41) is 14.3. The molecule has 0 atom stereocenters. The summed E-state index contributed by atoms with van der Waals surface area (Å²) in [5.74, 6) is 0.749. The number of hydrogen-bond donors (Lipinski definition) is 1. The topological polar surface area (TPSA) is 58.4 Å². The molecule has 0 spiro atoms. The average molecular weight is 277 g/mol. The number of nitrogens with one attached hydrogen (secondary N) is 1. The first-order valence-corrected chi connectivity index (χ1v) is 7.31. The molecule has 0 radical (unpaired) electrons. The Balaban J connectivity index is 2.32. The Bertz CT molecular complexity index is 484. The molecule has 0 aliphatic heterocycles. The zero-order chi connectivity index (χ0) is 14.7. The Hall–Kier alpha value is -1.78. The van der Waals surface area contributed by atoms with E-state index in [-0.39, 0.29) is 10.6 Å². The fourth-order valence-corrected chi connectivity index (χ4v) is 2.37. The molecule has 0 heterocycles. The second-order valence-corrected chi connectivity index (χ2v) is 5.72. The van der Waals surface area contributed by atoms with Crippen molar-refractivity contribution in [3.05, 3.63) is 28.3 Å². The van der Waals surface area contributed by atoms with Crippen LogP contribution in [0.1, 0.15) is 33.6 Å². The quantitative estimate of drug-likeness (QED) is 0.610. The first-order chi connectivity index (χ1) is 9.51. The van der Waals surface area contributed by atoms with Crippen molar-refractivity contribution in [2.45, 2.75) is 39.7 Å². The molecule has 1 aliphatic rings. The van der Waals surface area contributed by atoms with Crippen molar-refractivity contribution in [2.75, 3.05) is 23.3 Å². The third-order valence-electron chi connectivity index (χ3n) is 3.60. The standard InChI is InChI=1S/C15H23N3O2/c1-4-16-13-7-14(9-15(8-13)18(19)20)17(11(2)3)10-12-5-6-12/h7-9,11-12,16H,4-6,10H2,1-3H3. The van der Waals surface area contributed by atoms with Crippen molar-refractivity contribution >= 4 is 17.1 Å². The first kappa shape index (κ1) is 14.6. The number of nitro benzene ring substituents is 1. The highest BCUT2D eigenvalue weighted by atomic mass is 16.6. The molecular weight excluding hydrogens is 254 g/mol. The van der Waals surface area contributed by atoms with Gasteiger partial charge in [-0.2, -0.15) is 0 Å². The van der Waals surface area contributed by atoms with E-state index in [1.54, 1.807) is 12.1 Å². The van der Waals surface area contributed by atoms with E-state index in [9.17, 15) is 10.1 Å². The molecular formula is C15H23N3O2. The maximum atomic E-state index is 11.1. The predicted molar refractivity (Wildman–Crippen MR) is 82.5 cm³/mol. The summed E-state index contributed by atoms with van der Waals surface area (Å²) in [6.07, 6.45) is 2.55. The third kappa shape index (κ3) is 3.62. The SMILES string of the molecule is CCNc1cc(N(CC2CC2)C(C)C)cc([N+](=O)[O-])c1. The van der Waals surface area contributed by atoms with Gasteiger partial charge in [-0.15, -0.1) is 0 Å². The number of hydrogen-bond acceptors (Lipinski definition) is 4. The van der Waals surface area contributed by atoms with Crippen molar-refractivity contribution in [2.24, 2.45) is 5.92 Å². The number of nitrogens with zero attached hydrogens (tertiary/aromatic N) is 2. The third-order valence-corrected chi connectivity index (χ3v) is 3.60. The van der Waals surface area contributed by atoms with Crippen LogP contribution in [-0.4, -0.2) is 24.1 Å². The van der Waals surface area contributed by atoms with Gasteiger partial charge in [0, 0.05) is 42.6 Å². The van der Waals surface area contributed by atoms with Crippen LogP contribution in [0.2, 0.25) is 0 Å². The Morgan fingerprint density at radius 2 is 2.10 bits per heavy atom. The minimum absolute atomic E-state index is 0.153. The van der Waals surface area contributed by atoms with Gasteiger partial charge < -0.3 is 10.2 Å². The van der Waals surface area contributed by atoms with Gasteiger partial charge in [-0.05, 0) is 45.6 Å². The average Bonchev–Trinajstić information content (AvgIpc) is 3.19. The minimum atomic E-state index is -0.319. The molecule has 20 heavy (non-hydrogen) atoms. The van der Waals surface area contributed by atoms with E-state index < -0.39 is 0 Å². The van der Waals surface area contributed by atoms with E-state index in [4.69, 9.17) is 0 Å². The smallest absolute Gasteiger partial charge is 0.273 e. The van der Waals surface area contributed by atoms with Crippen LogP contribution in [0.15, 0.2) is 18.2 Å². The lowest BCUT2D eigenvalue weighted by Gasteiger charge is -2.29. The molecule has 1 aromatic rings. The lowest BCUT2D eigenvalue weighted by Crippen LogP contribution is -2.32. The molecule has 1 aliphatic carbocycles. The normalized spacial score (nSPS) is 14.4. The molecule has 0 bridgehead atoms. The number of rotatable bonds is 7. The number of anilines is 2. The van der Waals surface area contributed by atoms with E-state index in [2.05, 4.69) is 24.1 Å². The second kappa shape index (κ2) is 6.11. The summed E-state index contributed by atoms with van der Waals surface area (Å²) >= 11 is 0. The van der Waals surface area contributed by atoms with Crippen LogP contribution < -0.4 is 10.2 Å². The van der Waals surface area contributed by atoms with Gasteiger partial charge in [-0.25, -0.2) is 0 Å². The van der Waals surface area contributed by atoms with Gasteiger partial charge in [0.1, 0.15) is 0 Å². The monoisotopic (exact) mass is 277 g/mol. The number of benzene rings is 1. The Morgan fingerprint density at radius 1 is 1.40 bits per heavy atom. The summed E-state index contributed by atoms with van der Waals surface area (Å²) < 4.78 is 0. The Morgan fingerprint density at radius 3 is 2.60 bits per heavy atom. The zero-order valence-electron chi connectivity index (χ0n) is 12.4.